The largest absolute Gasteiger partial charge is 0.493 e. The molecule has 1 aromatic heterocycles. The Kier molecular flexibility index (Phi) is 4.15. The highest BCUT2D eigenvalue weighted by Crippen LogP contribution is 2.31. The lowest BCUT2D eigenvalue weighted by atomic mass is 10.1. The molecule has 1 heterocycles. The number of hydrogen-bond acceptors (Lipinski definition) is 4. The third-order valence-corrected chi connectivity index (χ3v) is 5.50. The number of benzene rings is 2. The number of pyridine rings is 1. The van der Waals surface area contributed by atoms with Gasteiger partial charge in [0, 0.05) is 6.07 Å². The lowest BCUT2D eigenvalue weighted by molar-refractivity contribution is -0.509. The predicted molar refractivity (Wildman–Crippen MR) is 91.0 cm³/mol. The fourth-order valence-corrected chi connectivity index (χ4v) is 3.68. The molecule has 0 atom stereocenters. The standard InChI is InChI=1S/C18H18NO4S/c1-13-4-6-16(7-5-13)24(20,21)19-9-8-14-10-17(22-2)18(23-3)11-15(14)12-19/h4-12H,1-3H3/q+1. The molecule has 124 valence electrons. The lowest BCUT2D eigenvalue weighted by Gasteiger charge is -2.08. The molecule has 3 aromatic rings. The first-order valence-electron chi connectivity index (χ1n) is 7.35. The second-order valence-electron chi connectivity index (χ2n) is 5.43. The summed E-state index contributed by atoms with van der Waals surface area (Å²) in [6, 6.07) is 12.1. The fraction of sp³-hybridized carbons (Fsp3) is 0.167. The Morgan fingerprint density at radius 2 is 1.46 bits per heavy atom. The molecule has 0 fully saturated rings. The zero-order valence-corrected chi connectivity index (χ0v) is 14.5. The van der Waals surface area contributed by atoms with Crippen LogP contribution in [0.15, 0.2) is 59.8 Å². The average molecular weight is 344 g/mol. The number of nitrogens with zero attached hydrogens (tertiary/aromatic N) is 1. The van der Waals surface area contributed by atoms with Gasteiger partial charge in [-0.15, -0.1) is 0 Å². The minimum atomic E-state index is -3.64. The Bertz CT molecular complexity index is 995. The fourth-order valence-electron chi connectivity index (χ4n) is 2.48. The summed E-state index contributed by atoms with van der Waals surface area (Å²) in [6.45, 7) is 1.92. The molecule has 0 bridgehead atoms. The van der Waals surface area contributed by atoms with Crippen molar-refractivity contribution in [1.82, 2.24) is 0 Å². The molecule has 0 aliphatic carbocycles. The summed E-state index contributed by atoms with van der Waals surface area (Å²) in [5, 5.41) is 1.61. The maximum atomic E-state index is 12.8. The summed E-state index contributed by atoms with van der Waals surface area (Å²) in [7, 11) is -0.528. The molecular formula is C18H18NO4S+. The van der Waals surface area contributed by atoms with Gasteiger partial charge in [0.1, 0.15) is 4.90 Å². The molecule has 0 amide bonds. The number of hydrogen-bond donors (Lipinski definition) is 0. The Labute approximate surface area is 141 Å². The maximum absolute atomic E-state index is 12.8. The Hall–Kier alpha value is -2.60. The minimum absolute atomic E-state index is 0.248. The van der Waals surface area contributed by atoms with Crippen molar-refractivity contribution in [3.63, 3.8) is 0 Å². The smallest absolute Gasteiger partial charge is 0.399 e. The van der Waals surface area contributed by atoms with Crippen molar-refractivity contribution in [1.29, 1.82) is 0 Å². The number of aryl methyl sites for hydroxylation is 1. The first-order valence-corrected chi connectivity index (χ1v) is 8.79. The quantitative estimate of drug-likeness (QED) is 0.683. The van der Waals surface area contributed by atoms with Crippen molar-refractivity contribution in [3.8, 4) is 11.5 Å². The third kappa shape index (κ3) is 2.80. The van der Waals surface area contributed by atoms with Crippen molar-refractivity contribution >= 4 is 20.8 Å². The number of rotatable bonds is 4. The zero-order valence-electron chi connectivity index (χ0n) is 13.7. The normalized spacial score (nSPS) is 11.5. The molecule has 0 aliphatic heterocycles. The molecule has 0 aliphatic rings. The summed E-state index contributed by atoms with van der Waals surface area (Å²) in [4.78, 5) is 0.248. The Balaban J connectivity index is 2.14. The summed E-state index contributed by atoms with van der Waals surface area (Å²) in [5.41, 5.74) is 1.01. The van der Waals surface area contributed by atoms with Crippen molar-refractivity contribution in [2.75, 3.05) is 14.2 Å². The highest BCUT2D eigenvalue weighted by atomic mass is 32.2. The van der Waals surface area contributed by atoms with E-state index in [1.807, 2.05) is 13.0 Å². The van der Waals surface area contributed by atoms with Gasteiger partial charge in [-0.25, -0.2) is 0 Å². The number of fused-ring (bicyclic) bond motifs is 1. The van der Waals surface area contributed by atoms with Gasteiger partial charge in [-0.3, -0.25) is 0 Å². The monoisotopic (exact) mass is 344 g/mol. The van der Waals surface area contributed by atoms with Crippen LogP contribution in [-0.2, 0) is 10.0 Å². The van der Waals surface area contributed by atoms with E-state index in [0.717, 1.165) is 16.3 Å². The number of aromatic nitrogens is 1. The summed E-state index contributed by atoms with van der Waals surface area (Å²) in [6.07, 6.45) is 3.11. The molecule has 0 radical (unpaired) electrons. The van der Waals surface area contributed by atoms with Gasteiger partial charge in [0.25, 0.3) is 0 Å². The van der Waals surface area contributed by atoms with Crippen LogP contribution in [0.2, 0.25) is 0 Å². The van der Waals surface area contributed by atoms with E-state index in [0.29, 0.717) is 11.5 Å². The van der Waals surface area contributed by atoms with E-state index < -0.39 is 10.0 Å². The molecule has 0 unspecified atom stereocenters. The second kappa shape index (κ2) is 6.13. The first-order chi connectivity index (χ1) is 11.5. The van der Waals surface area contributed by atoms with Gasteiger partial charge in [-0.2, -0.15) is 8.42 Å². The predicted octanol–water partition coefficient (Wildman–Crippen LogP) is 2.69. The van der Waals surface area contributed by atoms with Crippen LogP contribution in [0.1, 0.15) is 5.56 Å². The van der Waals surface area contributed by atoms with Gasteiger partial charge in [0.15, 0.2) is 23.9 Å². The van der Waals surface area contributed by atoms with Crippen LogP contribution >= 0.6 is 0 Å². The van der Waals surface area contributed by atoms with Crippen molar-refractivity contribution in [2.24, 2.45) is 0 Å². The zero-order chi connectivity index (χ0) is 17.3. The van der Waals surface area contributed by atoms with Crippen LogP contribution in [0.5, 0.6) is 11.5 Å². The van der Waals surface area contributed by atoms with Crippen LogP contribution in [0.4, 0.5) is 0 Å². The van der Waals surface area contributed by atoms with Crippen molar-refractivity contribution in [2.45, 2.75) is 11.8 Å². The molecule has 6 heteroatoms. The van der Waals surface area contributed by atoms with Crippen LogP contribution in [-0.4, -0.2) is 22.6 Å². The van der Waals surface area contributed by atoms with Gasteiger partial charge in [0.2, 0.25) is 0 Å². The van der Waals surface area contributed by atoms with Gasteiger partial charge >= 0.3 is 10.0 Å². The van der Waals surface area contributed by atoms with Crippen LogP contribution in [0, 0.1) is 6.92 Å². The lowest BCUT2D eigenvalue weighted by Crippen LogP contribution is -2.41. The molecule has 24 heavy (non-hydrogen) atoms. The summed E-state index contributed by atoms with van der Waals surface area (Å²) in [5.74, 6) is 1.15. The van der Waals surface area contributed by atoms with Crippen molar-refractivity contribution in [3.05, 3.63) is 60.4 Å². The SMILES string of the molecule is COc1cc2cc[n+](S(=O)(=O)c3ccc(C)cc3)cc2cc1OC. The van der Waals surface area contributed by atoms with Gasteiger partial charge in [-0.1, -0.05) is 21.7 Å². The Morgan fingerprint density at radius 3 is 2.04 bits per heavy atom. The van der Waals surface area contributed by atoms with E-state index in [1.165, 1.54) is 10.2 Å². The highest BCUT2D eigenvalue weighted by molar-refractivity contribution is 7.85. The molecule has 0 saturated heterocycles. The first kappa shape index (κ1) is 16.3. The van der Waals surface area contributed by atoms with Crippen LogP contribution in [0.25, 0.3) is 10.8 Å². The molecule has 5 nitrogen and oxygen atoms in total. The van der Waals surface area contributed by atoms with Gasteiger partial charge in [-0.05, 0) is 36.6 Å². The molecule has 0 N–H and O–H groups in total. The molecule has 0 spiro atoms. The average Bonchev–Trinajstić information content (AvgIpc) is 2.60. The second-order valence-corrected chi connectivity index (χ2v) is 7.27. The Morgan fingerprint density at radius 1 is 0.875 bits per heavy atom. The third-order valence-electron chi connectivity index (χ3n) is 3.85. The molecule has 3 rings (SSSR count). The van der Waals surface area contributed by atoms with E-state index in [2.05, 4.69) is 0 Å². The maximum Gasteiger partial charge on any atom is 0.399 e. The summed E-state index contributed by atoms with van der Waals surface area (Å²) < 4.78 is 37.3. The topological polar surface area (TPSA) is 56.5 Å². The van der Waals surface area contributed by atoms with E-state index in [1.54, 1.807) is 56.8 Å². The number of ether oxygens (including phenoxy) is 2. The summed E-state index contributed by atoms with van der Waals surface area (Å²) >= 11 is 0. The van der Waals surface area contributed by atoms with E-state index in [9.17, 15) is 8.42 Å². The van der Waals surface area contributed by atoms with Crippen molar-refractivity contribution < 1.29 is 21.9 Å². The van der Waals surface area contributed by atoms with E-state index in [4.69, 9.17) is 9.47 Å². The molecular weight excluding hydrogens is 326 g/mol. The number of methoxy groups -OCH3 is 2. The van der Waals surface area contributed by atoms with Crippen LogP contribution < -0.4 is 13.4 Å². The van der Waals surface area contributed by atoms with Gasteiger partial charge in [0.05, 0.1) is 19.6 Å². The molecule has 0 saturated carbocycles. The highest BCUT2D eigenvalue weighted by Gasteiger charge is 2.25. The van der Waals surface area contributed by atoms with Gasteiger partial charge < -0.3 is 9.47 Å². The van der Waals surface area contributed by atoms with E-state index in [-0.39, 0.29) is 4.90 Å². The minimum Gasteiger partial charge on any atom is -0.493 e. The molecule has 2 aromatic carbocycles. The van der Waals surface area contributed by atoms with E-state index >= 15 is 0 Å². The van der Waals surface area contributed by atoms with Crippen LogP contribution in [0.3, 0.4) is 0 Å².